The van der Waals surface area contributed by atoms with Gasteiger partial charge in [-0.15, -0.1) is 0 Å². The lowest BCUT2D eigenvalue weighted by atomic mass is 9.91. The van der Waals surface area contributed by atoms with Crippen molar-refractivity contribution in [1.29, 1.82) is 0 Å². The predicted octanol–water partition coefficient (Wildman–Crippen LogP) is 2.81. The summed E-state index contributed by atoms with van der Waals surface area (Å²) in [5.41, 5.74) is 2.32. The third-order valence-electron chi connectivity index (χ3n) is 5.65. The molecule has 138 valence electrons. The molecule has 2 atom stereocenters. The summed E-state index contributed by atoms with van der Waals surface area (Å²) >= 11 is 0. The van der Waals surface area contributed by atoms with Crippen molar-refractivity contribution in [2.45, 2.75) is 34.6 Å². The molecule has 0 saturated carbocycles. The summed E-state index contributed by atoms with van der Waals surface area (Å²) in [6.07, 6.45) is 2.11. The van der Waals surface area contributed by atoms with Crippen LogP contribution in [0.5, 0.6) is 5.75 Å². The predicted molar refractivity (Wildman–Crippen MR) is 102 cm³/mol. The fraction of sp³-hybridized carbons (Fsp3) is 0.400. The van der Waals surface area contributed by atoms with Crippen molar-refractivity contribution in [3.8, 4) is 5.75 Å². The average molecular weight is 372 g/mol. The van der Waals surface area contributed by atoms with Crippen molar-refractivity contribution in [2.24, 2.45) is 0 Å². The van der Waals surface area contributed by atoms with Gasteiger partial charge in [0.1, 0.15) is 5.75 Å². The molecule has 1 fully saturated rings. The van der Waals surface area contributed by atoms with E-state index in [9.17, 15) is 8.42 Å². The molecule has 0 aromatic heterocycles. The van der Waals surface area contributed by atoms with Crippen LogP contribution < -0.4 is 15.0 Å². The monoisotopic (exact) mass is 372 g/mol. The number of sulfone groups is 1. The second-order valence-corrected chi connectivity index (χ2v) is 8.96. The van der Waals surface area contributed by atoms with Crippen molar-refractivity contribution < 1.29 is 13.2 Å². The summed E-state index contributed by atoms with van der Waals surface area (Å²) < 4.78 is 31.4. The van der Waals surface area contributed by atoms with Crippen LogP contribution in [0.25, 0.3) is 0 Å². The number of nitrogens with zero attached hydrogens (tertiary/aromatic N) is 1. The minimum Gasteiger partial charge on any atom is -0.497 e. The van der Waals surface area contributed by atoms with Crippen LogP contribution in [0, 0.1) is 0 Å². The highest BCUT2D eigenvalue weighted by molar-refractivity contribution is 7.91. The van der Waals surface area contributed by atoms with Gasteiger partial charge in [0.2, 0.25) is 9.84 Å². The number of likely N-dealkylation sites (N-methyl/N-ethyl adjacent to an activating group) is 1. The van der Waals surface area contributed by atoms with E-state index in [1.54, 1.807) is 30.3 Å². The zero-order chi connectivity index (χ0) is 18.3. The van der Waals surface area contributed by atoms with Crippen LogP contribution in [0.1, 0.15) is 24.3 Å². The van der Waals surface area contributed by atoms with E-state index in [-0.39, 0.29) is 4.90 Å². The Labute approximate surface area is 154 Å². The van der Waals surface area contributed by atoms with Gasteiger partial charge in [-0.1, -0.05) is 6.07 Å². The van der Waals surface area contributed by atoms with Gasteiger partial charge < -0.3 is 15.0 Å². The topological polar surface area (TPSA) is 58.6 Å². The number of benzene rings is 2. The van der Waals surface area contributed by atoms with Crippen LogP contribution in [-0.4, -0.2) is 41.7 Å². The second kappa shape index (κ2) is 6.59. The zero-order valence-corrected chi connectivity index (χ0v) is 15.9. The molecule has 5 nitrogen and oxygen atoms in total. The van der Waals surface area contributed by atoms with Gasteiger partial charge in [0.05, 0.1) is 16.9 Å². The first-order chi connectivity index (χ1) is 12.5. The molecule has 1 saturated heterocycles. The molecule has 0 unspecified atom stereocenters. The summed E-state index contributed by atoms with van der Waals surface area (Å²) in [7, 11) is 0.0833. The highest BCUT2D eigenvalue weighted by atomic mass is 32.2. The maximum absolute atomic E-state index is 13.1. The second-order valence-electron chi connectivity index (χ2n) is 7.02. The molecule has 4 rings (SSSR count). The number of methoxy groups -OCH3 is 1. The smallest absolute Gasteiger partial charge is 0.206 e. The Morgan fingerprint density at radius 3 is 2.65 bits per heavy atom. The van der Waals surface area contributed by atoms with E-state index in [4.69, 9.17) is 4.74 Å². The first kappa shape index (κ1) is 17.4. The van der Waals surface area contributed by atoms with Gasteiger partial charge in [-0.2, -0.15) is 0 Å². The molecule has 2 aromatic carbocycles. The van der Waals surface area contributed by atoms with Crippen LogP contribution in [-0.2, 0) is 9.84 Å². The molecule has 0 amide bonds. The molecule has 0 radical (unpaired) electrons. The normalized spacial score (nSPS) is 22.5. The lowest BCUT2D eigenvalue weighted by molar-refractivity contribution is 0.413. The maximum Gasteiger partial charge on any atom is 0.206 e. The van der Waals surface area contributed by atoms with Crippen LogP contribution in [0.2, 0.25) is 0 Å². The van der Waals surface area contributed by atoms with E-state index in [2.05, 4.69) is 17.3 Å². The standard InChI is InChI=1S/C20H24N2O3S/c1-22-19-7-6-16(13-18(19)17-8-10-21-11-9-20(17)22)26(23,24)15-5-3-4-14(12-15)25-2/h3-7,12-13,17,20-21H,8-11H2,1-2H3/t17-,20+/m0/s1. The quantitative estimate of drug-likeness (QED) is 0.898. The fourth-order valence-corrected chi connectivity index (χ4v) is 5.58. The lowest BCUT2D eigenvalue weighted by Crippen LogP contribution is -2.30. The van der Waals surface area contributed by atoms with Gasteiger partial charge in [0.25, 0.3) is 0 Å². The molecule has 0 aliphatic carbocycles. The van der Waals surface area contributed by atoms with E-state index >= 15 is 0 Å². The number of hydrogen-bond donors (Lipinski definition) is 1. The van der Waals surface area contributed by atoms with Gasteiger partial charge >= 0.3 is 0 Å². The zero-order valence-electron chi connectivity index (χ0n) is 15.1. The number of hydrogen-bond acceptors (Lipinski definition) is 5. The van der Waals surface area contributed by atoms with E-state index < -0.39 is 9.84 Å². The Bertz CT molecular complexity index is 926. The molecule has 6 heteroatoms. The van der Waals surface area contributed by atoms with Crippen molar-refractivity contribution in [3.05, 3.63) is 48.0 Å². The molecule has 2 aliphatic heterocycles. The number of fused-ring (bicyclic) bond motifs is 3. The molecule has 0 spiro atoms. The number of rotatable bonds is 3. The van der Waals surface area contributed by atoms with Crippen LogP contribution in [0.15, 0.2) is 52.3 Å². The molecule has 2 aliphatic rings. The third-order valence-corrected chi connectivity index (χ3v) is 7.40. The minimum absolute atomic E-state index is 0.266. The van der Waals surface area contributed by atoms with Crippen molar-refractivity contribution in [3.63, 3.8) is 0 Å². The highest BCUT2D eigenvalue weighted by Crippen LogP contribution is 2.45. The Morgan fingerprint density at radius 2 is 1.85 bits per heavy atom. The molecule has 0 bridgehead atoms. The van der Waals surface area contributed by atoms with E-state index in [1.165, 1.54) is 7.11 Å². The van der Waals surface area contributed by atoms with Crippen molar-refractivity contribution in [2.75, 3.05) is 32.1 Å². The van der Waals surface area contributed by atoms with Gasteiger partial charge in [-0.3, -0.25) is 0 Å². The molecule has 26 heavy (non-hydrogen) atoms. The molecule has 2 aromatic rings. The number of anilines is 1. The minimum atomic E-state index is -3.57. The first-order valence-corrected chi connectivity index (χ1v) is 10.5. The van der Waals surface area contributed by atoms with Gasteiger partial charge in [0.15, 0.2) is 0 Å². The summed E-state index contributed by atoms with van der Waals surface area (Å²) in [5.74, 6) is 0.923. The van der Waals surface area contributed by atoms with Crippen molar-refractivity contribution >= 4 is 15.5 Å². The van der Waals surface area contributed by atoms with E-state index in [0.717, 1.165) is 37.2 Å². The molecule has 2 heterocycles. The maximum atomic E-state index is 13.1. The summed E-state index contributed by atoms with van der Waals surface area (Å²) in [6.45, 7) is 1.98. The Morgan fingerprint density at radius 1 is 1.08 bits per heavy atom. The molecular formula is C20H24N2O3S. The van der Waals surface area contributed by atoms with Gasteiger partial charge in [0, 0.05) is 24.7 Å². The first-order valence-electron chi connectivity index (χ1n) is 8.99. The van der Waals surface area contributed by atoms with Crippen LogP contribution in [0.4, 0.5) is 5.69 Å². The number of nitrogens with one attached hydrogen (secondary N) is 1. The Hall–Kier alpha value is -2.05. The largest absolute Gasteiger partial charge is 0.497 e. The number of ether oxygens (including phenoxy) is 1. The average Bonchev–Trinajstić information content (AvgIpc) is 2.83. The Balaban J connectivity index is 1.77. The molecular weight excluding hydrogens is 348 g/mol. The van der Waals surface area contributed by atoms with Crippen LogP contribution >= 0.6 is 0 Å². The van der Waals surface area contributed by atoms with Gasteiger partial charge in [-0.25, -0.2) is 8.42 Å². The summed E-state index contributed by atoms with van der Waals surface area (Å²) in [5, 5.41) is 3.45. The summed E-state index contributed by atoms with van der Waals surface area (Å²) in [4.78, 5) is 2.94. The van der Waals surface area contributed by atoms with E-state index in [0.29, 0.717) is 22.6 Å². The van der Waals surface area contributed by atoms with Crippen LogP contribution in [0.3, 0.4) is 0 Å². The van der Waals surface area contributed by atoms with E-state index in [1.807, 2.05) is 12.1 Å². The fourth-order valence-electron chi connectivity index (χ4n) is 4.25. The molecule has 1 N–H and O–H groups in total. The Kier molecular flexibility index (Phi) is 4.40. The highest BCUT2D eigenvalue weighted by Gasteiger charge is 2.37. The van der Waals surface area contributed by atoms with Crippen molar-refractivity contribution in [1.82, 2.24) is 5.32 Å². The van der Waals surface area contributed by atoms with Gasteiger partial charge in [-0.05, 0) is 67.9 Å². The third kappa shape index (κ3) is 2.77. The lowest BCUT2D eigenvalue weighted by Gasteiger charge is -2.24. The SMILES string of the molecule is COc1cccc(S(=O)(=O)c2ccc3c(c2)[C@@H]2CCNCC[C@H]2N3C)c1. The summed E-state index contributed by atoms with van der Waals surface area (Å²) in [6, 6.07) is 12.7.